The predicted octanol–water partition coefficient (Wildman–Crippen LogP) is 0.301. The summed E-state index contributed by atoms with van der Waals surface area (Å²) >= 11 is 0. The average molecular weight is 208 g/mol. The normalized spacial score (nSPS) is 13.2. The van der Waals surface area contributed by atoms with Crippen LogP contribution in [0.2, 0.25) is 0 Å². The van der Waals surface area contributed by atoms with E-state index in [-0.39, 0.29) is 11.2 Å². The van der Waals surface area contributed by atoms with Gasteiger partial charge in [0.15, 0.2) is 0 Å². The van der Waals surface area contributed by atoms with Crippen LogP contribution in [0.15, 0.2) is 0 Å². The van der Waals surface area contributed by atoms with Crippen LogP contribution in [0.5, 0.6) is 0 Å². The molecule has 0 unspecified atom stereocenters. The van der Waals surface area contributed by atoms with Gasteiger partial charge in [-0.05, 0) is 25.3 Å². The van der Waals surface area contributed by atoms with E-state index in [1.807, 2.05) is 13.8 Å². The van der Waals surface area contributed by atoms with E-state index < -0.39 is 10.0 Å². The summed E-state index contributed by atoms with van der Waals surface area (Å²) in [7, 11) is -3.06. The van der Waals surface area contributed by atoms with Gasteiger partial charge in [0.25, 0.3) is 0 Å². The second-order valence-corrected chi connectivity index (χ2v) is 6.02. The molecular weight excluding hydrogens is 188 g/mol. The van der Waals surface area contributed by atoms with Gasteiger partial charge >= 0.3 is 0 Å². The van der Waals surface area contributed by atoms with Crippen molar-refractivity contribution in [3.8, 4) is 0 Å². The summed E-state index contributed by atoms with van der Waals surface area (Å²) in [6.07, 6.45) is 0.819. The maximum atomic E-state index is 11.1. The highest BCUT2D eigenvalue weighted by Crippen LogP contribution is 2.17. The number of hydrogen-bond donors (Lipinski definition) is 2. The molecule has 0 aliphatic heterocycles. The van der Waals surface area contributed by atoms with Crippen molar-refractivity contribution in [2.75, 3.05) is 18.8 Å². The smallest absolute Gasteiger partial charge is 0.211 e. The van der Waals surface area contributed by atoms with Gasteiger partial charge in [0.05, 0.1) is 5.75 Å². The van der Waals surface area contributed by atoms with E-state index in [9.17, 15) is 8.42 Å². The number of nitrogens with two attached hydrogens (primary N) is 1. The Morgan fingerprint density at radius 1 is 1.38 bits per heavy atom. The lowest BCUT2D eigenvalue weighted by atomic mass is 9.90. The molecule has 0 saturated heterocycles. The van der Waals surface area contributed by atoms with Crippen molar-refractivity contribution in [3.63, 3.8) is 0 Å². The van der Waals surface area contributed by atoms with Crippen molar-refractivity contribution in [3.05, 3.63) is 0 Å². The Labute approximate surface area is 80.9 Å². The van der Waals surface area contributed by atoms with E-state index in [0.717, 1.165) is 6.42 Å². The van der Waals surface area contributed by atoms with Crippen LogP contribution >= 0.6 is 0 Å². The monoisotopic (exact) mass is 208 g/mol. The lowest BCUT2D eigenvalue weighted by molar-refractivity contribution is 0.340. The van der Waals surface area contributed by atoms with Crippen LogP contribution in [0.25, 0.3) is 0 Å². The molecule has 0 radical (unpaired) electrons. The van der Waals surface area contributed by atoms with Crippen LogP contribution in [0, 0.1) is 5.41 Å². The van der Waals surface area contributed by atoms with Crippen LogP contribution in [0.4, 0.5) is 0 Å². The summed E-state index contributed by atoms with van der Waals surface area (Å²) in [5.41, 5.74) is 5.35. The fourth-order valence-electron chi connectivity index (χ4n) is 0.887. The molecule has 0 fully saturated rings. The second kappa shape index (κ2) is 4.93. The Morgan fingerprint density at radius 3 is 2.31 bits per heavy atom. The average Bonchev–Trinajstić information content (AvgIpc) is 2.02. The van der Waals surface area contributed by atoms with Gasteiger partial charge < -0.3 is 5.73 Å². The van der Waals surface area contributed by atoms with E-state index in [1.54, 1.807) is 6.92 Å². The van der Waals surface area contributed by atoms with Crippen LogP contribution in [-0.2, 0) is 10.0 Å². The molecule has 0 spiro atoms. The Balaban J connectivity index is 4.01. The first-order valence-electron chi connectivity index (χ1n) is 4.50. The number of sulfonamides is 1. The molecule has 0 aromatic rings. The molecule has 5 heteroatoms. The summed E-state index contributed by atoms with van der Waals surface area (Å²) in [5, 5.41) is 0. The number of nitrogens with one attached hydrogen (secondary N) is 1. The van der Waals surface area contributed by atoms with Gasteiger partial charge in [0.2, 0.25) is 10.0 Å². The van der Waals surface area contributed by atoms with E-state index in [2.05, 4.69) is 4.72 Å². The molecule has 0 atom stereocenters. The van der Waals surface area contributed by atoms with Crippen molar-refractivity contribution in [2.45, 2.75) is 27.2 Å². The van der Waals surface area contributed by atoms with E-state index in [4.69, 9.17) is 5.73 Å². The Bertz CT molecular complexity index is 235. The Kier molecular flexibility index (Phi) is 4.88. The number of hydrogen-bond acceptors (Lipinski definition) is 3. The molecule has 0 aromatic carbocycles. The zero-order chi connectivity index (χ0) is 10.5. The molecule has 13 heavy (non-hydrogen) atoms. The molecular formula is C8H20N2O2S. The molecule has 0 heterocycles. The van der Waals surface area contributed by atoms with E-state index in [1.165, 1.54) is 0 Å². The first kappa shape index (κ1) is 12.9. The van der Waals surface area contributed by atoms with Gasteiger partial charge in [0.1, 0.15) is 0 Å². The molecule has 0 saturated carbocycles. The topological polar surface area (TPSA) is 72.2 Å². The van der Waals surface area contributed by atoms with Gasteiger partial charge in [-0.25, -0.2) is 13.1 Å². The van der Waals surface area contributed by atoms with Gasteiger partial charge in [0, 0.05) is 6.54 Å². The highest BCUT2D eigenvalue weighted by Gasteiger charge is 2.19. The summed E-state index contributed by atoms with van der Waals surface area (Å²) < 4.78 is 24.8. The van der Waals surface area contributed by atoms with Gasteiger partial charge in [-0.15, -0.1) is 0 Å². The fourth-order valence-corrected chi connectivity index (χ4v) is 1.70. The number of rotatable bonds is 6. The van der Waals surface area contributed by atoms with Gasteiger partial charge in [-0.1, -0.05) is 13.8 Å². The van der Waals surface area contributed by atoms with Crippen molar-refractivity contribution in [1.29, 1.82) is 0 Å². The van der Waals surface area contributed by atoms with Crippen LogP contribution in [0.3, 0.4) is 0 Å². The van der Waals surface area contributed by atoms with Gasteiger partial charge in [-0.2, -0.15) is 0 Å². The molecule has 0 aromatic heterocycles. The zero-order valence-electron chi connectivity index (χ0n) is 8.63. The third kappa shape index (κ3) is 6.01. The maximum absolute atomic E-state index is 11.1. The van der Waals surface area contributed by atoms with Crippen LogP contribution in [0.1, 0.15) is 27.2 Å². The Morgan fingerprint density at radius 2 is 1.92 bits per heavy atom. The fraction of sp³-hybridized carbons (Fsp3) is 1.00. The molecule has 0 amide bonds. The first-order chi connectivity index (χ1) is 5.83. The summed E-state index contributed by atoms with van der Waals surface area (Å²) in [5.74, 6) is 0.131. The minimum atomic E-state index is -3.06. The third-order valence-electron chi connectivity index (χ3n) is 1.97. The zero-order valence-corrected chi connectivity index (χ0v) is 9.45. The molecule has 0 aliphatic carbocycles. The standard InChI is InChI=1S/C8H20N2O2S/c1-4-13(11,12)10-7-8(2,3)5-6-9/h10H,4-7,9H2,1-3H3. The molecule has 3 N–H and O–H groups in total. The molecule has 4 nitrogen and oxygen atoms in total. The molecule has 0 rings (SSSR count). The largest absolute Gasteiger partial charge is 0.330 e. The Hall–Kier alpha value is -0.130. The first-order valence-corrected chi connectivity index (χ1v) is 6.15. The quantitative estimate of drug-likeness (QED) is 0.659. The summed E-state index contributed by atoms with van der Waals surface area (Å²) in [4.78, 5) is 0. The molecule has 0 bridgehead atoms. The summed E-state index contributed by atoms with van der Waals surface area (Å²) in [6.45, 7) is 6.66. The lowest BCUT2D eigenvalue weighted by Crippen LogP contribution is -2.35. The second-order valence-electron chi connectivity index (χ2n) is 3.93. The SMILES string of the molecule is CCS(=O)(=O)NCC(C)(C)CCN. The van der Waals surface area contributed by atoms with E-state index >= 15 is 0 Å². The highest BCUT2D eigenvalue weighted by molar-refractivity contribution is 7.89. The third-order valence-corrected chi connectivity index (χ3v) is 3.32. The van der Waals surface area contributed by atoms with Crippen LogP contribution in [-0.4, -0.2) is 27.3 Å². The van der Waals surface area contributed by atoms with Crippen molar-refractivity contribution >= 4 is 10.0 Å². The lowest BCUT2D eigenvalue weighted by Gasteiger charge is -2.23. The van der Waals surface area contributed by atoms with E-state index in [0.29, 0.717) is 13.1 Å². The van der Waals surface area contributed by atoms with Gasteiger partial charge in [-0.3, -0.25) is 0 Å². The minimum absolute atomic E-state index is 0.0585. The van der Waals surface area contributed by atoms with Crippen LogP contribution < -0.4 is 10.5 Å². The molecule has 0 aliphatic rings. The maximum Gasteiger partial charge on any atom is 0.211 e. The minimum Gasteiger partial charge on any atom is -0.330 e. The summed E-state index contributed by atoms with van der Waals surface area (Å²) in [6, 6.07) is 0. The predicted molar refractivity (Wildman–Crippen MR) is 54.9 cm³/mol. The molecule has 80 valence electrons. The van der Waals surface area contributed by atoms with Crippen molar-refractivity contribution < 1.29 is 8.42 Å². The van der Waals surface area contributed by atoms with Crippen molar-refractivity contribution in [2.24, 2.45) is 11.1 Å². The van der Waals surface area contributed by atoms with Crippen molar-refractivity contribution in [1.82, 2.24) is 4.72 Å². The highest BCUT2D eigenvalue weighted by atomic mass is 32.2.